The van der Waals surface area contributed by atoms with Gasteiger partial charge in [0.1, 0.15) is 23.5 Å². The zero-order valence-corrected chi connectivity index (χ0v) is 13.6. The van der Waals surface area contributed by atoms with Crippen molar-refractivity contribution in [3.63, 3.8) is 0 Å². The molecule has 0 unspecified atom stereocenters. The molecule has 2 aliphatic heterocycles. The van der Waals surface area contributed by atoms with E-state index in [1.54, 1.807) is 20.1 Å². The molecule has 23 heavy (non-hydrogen) atoms. The van der Waals surface area contributed by atoms with E-state index < -0.39 is 29.6 Å². The van der Waals surface area contributed by atoms with Crippen LogP contribution in [0.5, 0.6) is 11.5 Å². The Morgan fingerprint density at radius 2 is 2.00 bits per heavy atom. The number of cyclic esters (lactones) is 1. The molecular formula is C17H20O6. The van der Waals surface area contributed by atoms with Crippen molar-refractivity contribution >= 4 is 11.9 Å². The maximum absolute atomic E-state index is 12.5. The van der Waals surface area contributed by atoms with Crippen molar-refractivity contribution in [3.8, 4) is 11.5 Å². The first-order valence-corrected chi connectivity index (χ1v) is 7.61. The van der Waals surface area contributed by atoms with Gasteiger partial charge >= 0.3 is 11.9 Å². The van der Waals surface area contributed by atoms with E-state index in [0.29, 0.717) is 11.5 Å². The fraction of sp³-hybridized carbons (Fsp3) is 0.529. The van der Waals surface area contributed by atoms with Crippen LogP contribution in [0.2, 0.25) is 0 Å². The molecule has 1 fully saturated rings. The van der Waals surface area contributed by atoms with Gasteiger partial charge in [0.2, 0.25) is 0 Å². The van der Waals surface area contributed by atoms with Gasteiger partial charge in [0.25, 0.3) is 0 Å². The summed E-state index contributed by atoms with van der Waals surface area (Å²) in [5, 5.41) is 10.8. The largest absolute Gasteiger partial charge is 0.496 e. The van der Waals surface area contributed by atoms with Gasteiger partial charge < -0.3 is 19.3 Å². The maximum atomic E-state index is 12.5. The summed E-state index contributed by atoms with van der Waals surface area (Å²) < 4.78 is 15.7. The SMILES string of the molecule is COc1cc2c(cc1C)[C@@H](C)[C@H]([C@@]1(O)C[C@H](C)OC1=O)C(=O)O2. The van der Waals surface area contributed by atoms with Crippen LogP contribution in [0.4, 0.5) is 0 Å². The number of carbonyl (C=O) groups is 2. The molecule has 6 nitrogen and oxygen atoms in total. The van der Waals surface area contributed by atoms with Gasteiger partial charge in [-0.3, -0.25) is 4.79 Å². The van der Waals surface area contributed by atoms with Crippen molar-refractivity contribution in [2.24, 2.45) is 5.92 Å². The van der Waals surface area contributed by atoms with E-state index in [0.717, 1.165) is 11.1 Å². The van der Waals surface area contributed by atoms with Gasteiger partial charge in [-0.05, 0) is 31.0 Å². The molecule has 0 saturated carbocycles. The van der Waals surface area contributed by atoms with Crippen LogP contribution < -0.4 is 9.47 Å². The molecule has 0 radical (unpaired) electrons. The van der Waals surface area contributed by atoms with E-state index in [-0.39, 0.29) is 12.3 Å². The second-order valence-corrected chi connectivity index (χ2v) is 6.39. The molecule has 6 heteroatoms. The predicted molar refractivity (Wildman–Crippen MR) is 80.4 cm³/mol. The lowest BCUT2D eigenvalue weighted by Gasteiger charge is -2.36. The first kappa shape index (κ1) is 15.8. The Balaban J connectivity index is 2.05. The van der Waals surface area contributed by atoms with Gasteiger partial charge in [0, 0.05) is 18.4 Å². The number of hydrogen-bond donors (Lipinski definition) is 1. The Labute approximate surface area is 134 Å². The molecule has 0 bridgehead atoms. The van der Waals surface area contributed by atoms with E-state index in [9.17, 15) is 14.7 Å². The highest BCUT2D eigenvalue weighted by atomic mass is 16.6. The van der Waals surface area contributed by atoms with Crippen molar-refractivity contribution in [3.05, 3.63) is 23.3 Å². The number of hydrogen-bond acceptors (Lipinski definition) is 6. The van der Waals surface area contributed by atoms with Crippen LogP contribution in [0.25, 0.3) is 0 Å². The normalized spacial score (nSPS) is 33.0. The van der Waals surface area contributed by atoms with Gasteiger partial charge in [-0.25, -0.2) is 4.79 Å². The van der Waals surface area contributed by atoms with Gasteiger partial charge in [-0.15, -0.1) is 0 Å². The predicted octanol–water partition coefficient (Wildman–Crippen LogP) is 1.71. The summed E-state index contributed by atoms with van der Waals surface area (Å²) in [6, 6.07) is 3.53. The Bertz CT molecular complexity index is 682. The highest BCUT2D eigenvalue weighted by Crippen LogP contribution is 2.47. The van der Waals surface area contributed by atoms with E-state index in [1.807, 2.05) is 19.9 Å². The Kier molecular flexibility index (Phi) is 3.59. The van der Waals surface area contributed by atoms with Crippen LogP contribution in [0.3, 0.4) is 0 Å². The van der Waals surface area contributed by atoms with Gasteiger partial charge in [-0.2, -0.15) is 0 Å². The molecule has 1 saturated heterocycles. The minimum Gasteiger partial charge on any atom is -0.496 e. The number of methoxy groups -OCH3 is 1. The second kappa shape index (κ2) is 5.23. The number of benzene rings is 1. The molecule has 3 rings (SSSR count). The average Bonchev–Trinajstić information content (AvgIpc) is 2.72. The Hall–Kier alpha value is -2.08. The zero-order valence-electron chi connectivity index (χ0n) is 13.6. The van der Waals surface area contributed by atoms with E-state index >= 15 is 0 Å². The number of rotatable bonds is 2. The summed E-state index contributed by atoms with van der Waals surface area (Å²) >= 11 is 0. The minimum absolute atomic E-state index is 0.0837. The summed E-state index contributed by atoms with van der Waals surface area (Å²) in [5.74, 6) is -1.71. The molecule has 1 N–H and O–H groups in total. The molecule has 1 aromatic rings. The van der Waals surface area contributed by atoms with Crippen molar-refractivity contribution in [2.75, 3.05) is 7.11 Å². The standard InChI is InChI=1S/C17H20O6/c1-8-5-11-10(3)14(17(20)7-9(2)22-16(17)19)15(18)23-13(11)6-12(8)21-4/h5-6,9-10,14,20H,7H2,1-4H3/t9-,10+,14-,17-/m0/s1. The molecule has 124 valence electrons. The molecule has 0 aromatic heterocycles. The van der Waals surface area contributed by atoms with Crippen LogP contribution >= 0.6 is 0 Å². The third kappa shape index (κ3) is 2.28. The van der Waals surface area contributed by atoms with Crippen molar-refractivity contribution in [2.45, 2.75) is 44.8 Å². The number of aryl methyl sites for hydroxylation is 1. The smallest absolute Gasteiger partial charge is 0.339 e. The summed E-state index contributed by atoms with van der Waals surface area (Å²) in [7, 11) is 1.55. The molecule has 2 heterocycles. The molecule has 4 atom stereocenters. The summed E-state index contributed by atoms with van der Waals surface area (Å²) in [4.78, 5) is 24.5. The maximum Gasteiger partial charge on any atom is 0.339 e. The Morgan fingerprint density at radius 3 is 2.57 bits per heavy atom. The summed E-state index contributed by atoms with van der Waals surface area (Å²) in [6.45, 7) is 5.39. The van der Waals surface area contributed by atoms with Crippen LogP contribution in [-0.2, 0) is 14.3 Å². The molecule has 0 spiro atoms. The molecule has 0 aliphatic carbocycles. The van der Waals surface area contributed by atoms with Gasteiger partial charge in [0.15, 0.2) is 5.60 Å². The second-order valence-electron chi connectivity index (χ2n) is 6.39. The first-order chi connectivity index (χ1) is 10.8. The number of carbonyl (C=O) groups excluding carboxylic acids is 2. The van der Waals surface area contributed by atoms with E-state index in [2.05, 4.69) is 0 Å². The minimum atomic E-state index is -1.85. The van der Waals surface area contributed by atoms with Crippen molar-refractivity contribution in [1.82, 2.24) is 0 Å². The highest BCUT2D eigenvalue weighted by Gasteiger charge is 2.58. The zero-order chi connectivity index (χ0) is 16.9. The van der Waals surface area contributed by atoms with Crippen molar-refractivity contribution in [1.29, 1.82) is 0 Å². The molecule has 0 amide bonds. The van der Waals surface area contributed by atoms with Gasteiger partial charge in [0.05, 0.1) is 7.11 Å². The molecule has 1 aromatic carbocycles. The van der Waals surface area contributed by atoms with E-state index in [1.165, 1.54) is 0 Å². The third-order valence-electron chi connectivity index (χ3n) is 4.76. The topological polar surface area (TPSA) is 82.1 Å². The summed E-state index contributed by atoms with van der Waals surface area (Å²) in [6.07, 6.45) is -0.341. The Morgan fingerprint density at radius 1 is 1.30 bits per heavy atom. The number of ether oxygens (including phenoxy) is 3. The number of fused-ring (bicyclic) bond motifs is 1. The van der Waals surface area contributed by atoms with Crippen LogP contribution in [0.1, 0.15) is 37.3 Å². The number of aliphatic hydroxyl groups is 1. The van der Waals surface area contributed by atoms with Crippen LogP contribution in [0, 0.1) is 12.8 Å². The van der Waals surface area contributed by atoms with Crippen LogP contribution in [-0.4, -0.2) is 35.9 Å². The lowest BCUT2D eigenvalue weighted by molar-refractivity contribution is -0.169. The van der Waals surface area contributed by atoms with Crippen molar-refractivity contribution < 1.29 is 28.9 Å². The quantitative estimate of drug-likeness (QED) is 0.660. The summed E-state index contributed by atoms with van der Waals surface area (Å²) in [5.41, 5.74) is -0.181. The fourth-order valence-electron chi connectivity index (χ4n) is 3.62. The molecule has 2 aliphatic rings. The van der Waals surface area contributed by atoms with Crippen LogP contribution in [0.15, 0.2) is 12.1 Å². The fourth-order valence-corrected chi connectivity index (χ4v) is 3.62. The first-order valence-electron chi connectivity index (χ1n) is 7.61. The highest BCUT2D eigenvalue weighted by molar-refractivity contribution is 5.91. The monoisotopic (exact) mass is 320 g/mol. The average molecular weight is 320 g/mol. The third-order valence-corrected chi connectivity index (χ3v) is 4.76. The lowest BCUT2D eigenvalue weighted by atomic mass is 9.73. The van der Waals surface area contributed by atoms with E-state index in [4.69, 9.17) is 14.2 Å². The van der Waals surface area contributed by atoms with Gasteiger partial charge in [-0.1, -0.05) is 6.92 Å². The lowest BCUT2D eigenvalue weighted by Crippen LogP contribution is -2.51. The number of esters is 2. The molecular weight excluding hydrogens is 300 g/mol.